The Morgan fingerprint density at radius 2 is 1.53 bits per heavy atom. The highest BCUT2D eigenvalue weighted by Crippen LogP contribution is 2.59. The molecule has 32 heavy (non-hydrogen) atoms. The number of hydrogen-bond donors (Lipinski definition) is 0. The van der Waals surface area contributed by atoms with E-state index in [4.69, 9.17) is 0 Å². The lowest BCUT2D eigenvalue weighted by Gasteiger charge is -2.14. The van der Waals surface area contributed by atoms with E-state index in [0.29, 0.717) is 11.5 Å². The third-order valence-corrected chi connectivity index (χ3v) is 7.27. The smallest absolute Gasteiger partial charge is 0.0991 e. The van der Waals surface area contributed by atoms with Gasteiger partial charge in [0.2, 0.25) is 0 Å². The van der Waals surface area contributed by atoms with Crippen LogP contribution in [0.2, 0.25) is 0 Å². The molecule has 0 N–H and O–H groups in total. The molecule has 0 aromatic heterocycles. The summed E-state index contributed by atoms with van der Waals surface area (Å²) in [5, 5.41) is 12.0. The Kier molecular flexibility index (Phi) is 3.39. The third kappa shape index (κ3) is 2.17. The Hall–Kier alpha value is -4.15. The highest BCUT2D eigenvalue weighted by molar-refractivity contribution is 6.06. The van der Waals surface area contributed by atoms with Gasteiger partial charge < -0.3 is 0 Å². The minimum absolute atomic E-state index is 0.302. The Morgan fingerprint density at radius 3 is 2.44 bits per heavy atom. The van der Waals surface area contributed by atoms with Gasteiger partial charge in [-0.05, 0) is 91.5 Å². The van der Waals surface area contributed by atoms with Gasteiger partial charge in [0.1, 0.15) is 0 Å². The van der Waals surface area contributed by atoms with E-state index < -0.39 is 0 Å². The molecule has 0 fully saturated rings. The van der Waals surface area contributed by atoms with Gasteiger partial charge >= 0.3 is 0 Å². The molecule has 0 bridgehead atoms. The molecule has 0 saturated heterocycles. The van der Waals surface area contributed by atoms with Crippen molar-refractivity contribution in [1.82, 2.24) is 0 Å². The van der Waals surface area contributed by atoms with Gasteiger partial charge in [-0.15, -0.1) is 0 Å². The molecular formula is C31H19N. The molecule has 1 heteroatoms. The summed E-state index contributed by atoms with van der Waals surface area (Å²) in [6, 6.07) is 35.2. The van der Waals surface area contributed by atoms with Crippen molar-refractivity contribution in [2.75, 3.05) is 0 Å². The van der Waals surface area contributed by atoms with E-state index in [1.54, 1.807) is 0 Å². The topological polar surface area (TPSA) is 23.8 Å². The van der Waals surface area contributed by atoms with Crippen LogP contribution in [-0.2, 0) is 0 Å². The van der Waals surface area contributed by atoms with Crippen LogP contribution < -0.4 is 0 Å². The number of rotatable bonds is 1. The monoisotopic (exact) mass is 405 g/mol. The molecule has 1 nitrogen and oxygen atoms in total. The van der Waals surface area contributed by atoms with Crippen LogP contribution in [0.1, 0.15) is 33.7 Å². The average Bonchev–Trinajstić information content (AvgIpc) is 3.36. The maximum atomic E-state index is 9.38. The van der Waals surface area contributed by atoms with Crippen molar-refractivity contribution >= 4 is 10.8 Å². The lowest BCUT2D eigenvalue weighted by Crippen LogP contribution is -1.95. The van der Waals surface area contributed by atoms with Crippen LogP contribution in [0.25, 0.3) is 44.2 Å². The van der Waals surface area contributed by atoms with E-state index in [1.807, 2.05) is 18.2 Å². The van der Waals surface area contributed by atoms with Crippen molar-refractivity contribution in [3.05, 3.63) is 119 Å². The quantitative estimate of drug-likeness (QED) is 0.273. The molecule has 0 aliphatic heterocycles. The van der Waals surface area contributed by atoms with Crippen LogP contribution in [0, 0.1) is 18.3 Å². The first kappa shape index (κ1) is 17.5. The van der Waals surface area contributed by atoms with Crippen molar-refractivity contribution < 1.29 is 0 Å². The Morgan fingerprint density at radius 1 is 0.688 bits per heavy atom. The van der Waals surface area contributed by atoms with Gasteiger partial charge in [0.05, 0.1) is 11.6 Å². The Labute approximate surface area is 187 Å². The van der Waals surface area contributed by atoms with Crippen molar-refractivity contribution in [3.63, 3.8) is 0 Å². The lowest BCUT2D eigenvalue weighted by atomic mass is 9.89. The SMILES string of the molecule is Cc1ccc(C#N)cc1-c1ccc2c(c1)-c1cccc3c1C2c1ccc2ccccc2c1-3. The van der Waals surface area contributed by atoms with Gasteiger partial charge in [0.15, 0.2) is 0 Å². The third-order valence-electron chi connectivity index (χ3n) is 7.27. The standard InChI is InChI=1S/C31H19N/c1-18-9-10-19(17-32)15-27(18)21-12-13-24-28(16-21)23-7-4-8-25-29-22-6-3-2-5-20(22)11-14-26(29)31(24)30(23)25/h2-16,31H,1H3. The zero-order valence-corrected chi connectivity index (χ0v) is 17.7. The summed E-state index contributed by atoms with van der Waals surface area (Å²) in [6.45, 7) is 2.11. The molecule has 0 radical (unpaired) electrons. The number of nitriles is 1. The second-order valence-corrected chi connectivity index (χ2v) is 8.89. The number of fused-ring (bicyclic) bond motifs is 8. The maximum Gasteiger partial charge on any atom is 0.0991 e. The zero-order chi connectivity index (χ0) is 21.4. The van der Waals surface area contributed by atoms with Crippen molar-refractivity contribution in [2.45, 2.75) is 12.8 Å². The summed E-state index contributed by atoms with van der Waals surface area (Å²) in [7, 11) is 0. The summed E-state index contributed by atoms with van der Waals surface area (Å²) >= 11 is 0. The molecule has 5 aromatic rings. The number of nitrogens with zero attached hydrogens (tertiary/aromatic N) is 1. The van der Waals surface area contributed by atoms with Crippen LogP contribution in [0.5, 0.6) is 0 Å². The van der Waals surface area contributed by atoms with Gasteiger partial charge in [-0.3, -0.25) is 0 Å². The molecule has 0 saturated carbocycles. The molecule has 0 heterocycles. The first-order chi connectivity index (χ1) is 15.7. The fourth-order valence-corrected chi connectivity index (χ4v) is 5.85. The van der Waals surface area contributed by atoms with E-state index in [0.717, 1.165) is 5.56 Å². The van der Waals surface area contributed by atoms with Gasteiger partial charge in [-0.25, -0.2) is 0 Å². The summed E-state index contributed by atoms with van der Waals surface area (Å²) in [5.74, 6) is 0.302. The molecule has 2 aliphatic carbocycles. The number of benzene rings is 5. The van der Waals surface area contributed by atoms with E-state index in [-0.39, 0.29) is 0 Å². The van der Waals surface area contributed by atoms with E-state index in [2.05, 4.69) is 85.8 Å². The minimum atomic E-state index is 0.302. The number of aryl methyl sites for hydroxylation is 1. The normalized spacial score (nSPS) is 14.7. The second kappa shape index (κ2) is 6.19. The fourth-order valence-electron chi connectivity index (χ4n) is 5.85. The van der Waals surface area contributed by atoms with E-state index in [9.17, 15) is 5.26 Å². The molecule has 5 aromatic carbocycles. The van der Waals surface area contributed by atoms with E-state index in [1.165, 1.54) is 60.8 Å². The molecule has 7 rings (SSSR count). The highest BCUT2D eigenvalue weighted by Gasteiger charge is 2.39. The molecule has 1 atom stereocenters. The Bertz CT molecular complexity index is 1650. The predicted octanol–water partition coefficient (Wildman–Crippen LogP) is 7.83. The molecule has 0 spiro atoms. The molecular weight excluding hydrogens is 386 g/mol. The zero-order valence-electron chi connectivity index (χ0n) is 17.7. The lowest BCUT2D eigenvalue weighted by molar-refractivity contribution is 1.06. The van der Waals surface area contributed by atoms with Crippen molar-refractivity contribution in [1.29, 1.82) is 5.26 Å². The van der Waals surface area contributed by atoms with Crippen LogP contribution in [-0.4, -0.2) is 0 Å². The fraction of sp³-hybridized carbons (Fsp3) is 0.0645. The number of hydrogen-bond acceptors (Lipinski definition) is 1. The second-order valence-electron chi connectivity index (χ2n) is 8.89. The van der Waals surface area contributed by atoms with Crippen LogP contribution in [0.15, 0.2) is 91.0 Å². The van der Waals surface area contributed by atoms with Gasteiger partial charge in [-0.2, -0.15) is 5.26 Å². The van der Waals surface area contributed by atoms with Crippen LogP contribution >= 0.6 is 0 Å². The molecule has 148 valence electrons. The molecule has 1 unspecified atom stereocenters. The van der Waals surface area contributed by atoms with Crippen molar-refractivity contribution in [3.8, 4) is 39.4 Å². The molecule has 2 aliphatic rings. The van der Waals surface area contributed by atoms with E-state index >= 15 is 0 Å². The first-order valence-electron chi connectivity index (χ1n) is 11.0. The summed E-state index contributed by atoms with van der Waals surface area (Å²) in [5.41, 5.74) is 13.9. The summed E-state index contributed by atoms with van der Waals surface area (Å²) in [4.78, 5) is 0. The van der Waals surface area contributed by atoms with Crippen LogP contribution in [0.3, 0.4) is 0 Å². The summed E-state index contributed by atoms with van der Waals surface area (Å²) in [6.07, 6.45) is 0. The maximum absolute atomic E-state index is 9.38. The van der Waals surface area contributed by atoms with Gasteiger partial charge in [0, 0.05) is 5.92 Å². The van der Waals surface area contributed by atoms with Gasteiger partial charge in [0.25, 0.3) is 0 Å². The molecule has 0 amide bonds. The average molecular weight is 406 g/mol. The van der Waals surface area contributed by atoms with Crippen molar-refractivity contribution in [2.24, 2.45) is 0 Å². The van der Waals surface area contributed by atoms with Gasteiger partial charge in [-0.1, -0.05) is 72.8 Å². The summed E-state index contributed by atoms with van der Waals surface area (Å²) < 4.78 is 0. The highest BCUT2D eigenvalue weighted by atomic mass is 14.4. The Balaban J connectivity index is 1.48. The predicted molar refractivity (Wildman–Crippen MR) is 131 cm³/mol. The minimum Gasteiger partial charge on any atom is -0.192 e. The largest absolute Gasteiger partial charge is 0.192 e. The first-order valence-corrected chi connectivity index (χ1v) is 11.0. The van der Waals surface area contributed by atoms with Crippen LogP contribution in [0.4, 0.5) is 0 Å².